The van der Waals surface area contributed by atoms with Crippen LogP contribution in [0.5, 0.6) is 0 Å². The number of rotatable bonds is 8. The Morgan fingerprint density at radius 3 is 2.68 bits per heavy atom. The number of piperazine rings is 1. The summed E-state index contributed by atoms with van der Waals surface area (Å²) in [6, 6.07) is -0.828. The minimum Gasteiger partial charge on any atom is -0.480 e. The number of carbonyl (C=O) groups is 2. The molecule has 1 amide bonds. The third-order valence-electron chi connectivity index (χ3n) is 3.05. The Morgan fingerprint density at radius 2 is 2.11 bits per heavy atom. The van der Waals surface area contributed by atoms with Gasteiger partial charge in [0.2, 0.25) is 5.91 Å². The van der Waals surface area contributed by atoms with Crippen molar-refractivity contribution in [2.75, 3.05) is 46.4 Å². The van der Waals surface area contributed by atoms with E-state index in [1.807, 2.05) is 4.90 Å². The lowest BCUT2D eigenvalue weighted by Gasteiger charge is -2.27. The normalized spacial score (nSPS) is 17.9. The van der Waals surface area contributed by atoms with Crippen molar-refractivity contribution in [2.45, 2.75) is 18.9 Å². The van der Waals surface area contributed by atoms with E-state index in [2.05, 4.69) is 10.6 Å². The molecule has 19 heavy (non-hydrogen) atoms. The molecule has 1 aliphatic rings. The molecule has 3 N–H and O–H groups in total. The molecule has 1 atom stereocenters. The van der Waals surface area contributed by atoms with Crippen molar-refractivity contribution >= 4 is 11.9 Å². The lowest BCUT2D eigenvalue weighted by Crippen LogP contribution is -2.50. The Balaban J connectivity index is 2.31. The topological polar surface area (TPSA) is 90.9 Å². The number of carbonyl (C=O) groups excluding carboxylic acids is 1. The maximum absolute atomic E-state index is 11.8. The highest BCUT2D eigenvalue weighted by atomic mass is 16.5. The Kier molecular flexibility index (Phi) is 7.39. The Hall–Kier alpha value is -1.18. The van der Waals surface area contributed by atoms with E-state index in [1.54, 1.807) is 7.11 Å². The molecule has 1 fully saturated rings. The third kappa shape index (κ3) is 6.51. The zero-order chi connectivity index (χ0) is 14.1. The second-order valence-corrected chi connectivity index (χ2v) is 4.62. The van der Waals surface area contributed by atoms with Gasteiger partial charge in [-0.05, 0) is 12.8 Å². The standard InChI is InChI=1S/C12H23N3O4/c1-19-8-2-3-10(12(17)18)14-11(16)9-15-6-4-13-5-7-15/h10,13H,2-9H2,1H3,(H,14,16)(H,17,18). The average molecular weight is 273 g/mol. The number of nitrogens with one attached hydrogen (secondary N) is 2. The quantitative estimate of drug-likeness (QED) is 0.486. The second-order valence-electron chi connectivity index (χ2n) is 4.62. The van der Waals surface area contributed by atoms with Gasteiger partial charge in [0, 0.05) is 39.9 Å². The molecule has 1 rings (SSSR count). The molecule has 1 aliphatic heterocycles. The molecular weight excluding hydrogens is 250 g/mol. The minimum absolute atomic E-state index is 0.230. The van der Waals surface area contributed by atoms with Gasteiger partial charge in [0.25, 0.3) is 0 Å². The van der Waals surface area contributed by atoms with Gasteiger partial charge in [-0.25, -0.2) is 4.79 Å². The van der Waals surface area contributed by atoms with E-state index >= 15 is 0 Å². The predicted octanol–water partition coefficient (Wildman–Crippen LogP) is -1.11. The van der Waals surface area contributed by atoms with Gasteiger partial charge >= 0.3 is 5.97 Å². The first kappa shape index (κ1) is 15.9. The van der Waals surface area contributed by atoms with Crippen LogP contribution in [0.25, 0.3) is 0 Å². The number of methoxy groups -OCH3 is 1. The smallest absolute Gasteiger partial charge is 0.326 e. The molecule has 0 aliphatic carbocycles. The van der Waals surface area contributed by atoms with Crippen LogP contribution in [0.4, 0.5) is 0 Å². The van der Waals surface area contributed by atoms with Crippen molar-refractivity contribution in [2.24, 2.45) is 0 Å². The van der Waals surface area contributed by atoms with Crippen molar-refractivity contribution in [1.29, 1.82) is 0 Å². The first-order chi connectivity index (χ1) is 9.13. The van der Waals surface area contributed by atoms with Crippen LogP contribution in [-0.4, -0.2) is 74.4 Å². The molecule has 0 aromatic rings. The molecule has 7 nitrogen and oxygen atoms in total. The maximum Gasteiger partial charge on any atom is 0.326 e. The van der Waals surface area contributed by atoms with Gasteiger partial charge in [-0.2, -0.15) is 0 Å². The number of amides is 1. The van der Waals surface area contributed by atoms with Crippen LogP contribution in [-0.2, 0) is 14.3 Å². The van der Waals surface area contributed by atoms with Crippen molar-refractivity contribution < 1.29 is 19.4 Å². The lowest BCUT2D eigenvalue weighted by atomic mass is 10.1. The second kappa shape index (κ2) is 8.84. The molecule has 0 aromatic carbocycles. The molecule has 0 bridgehead atoms. The molecule has 1 saturated heterocycles. The minimum atomic E-state index is -0.996. The first-order valence-electron chi connectivity index (χ1n) is 6.57. The number of carboxylic acids is 1. The highest BCUT2D eigenvalue weighted by Crippen LogP contribution is 1.99. The average Bonchev–Trinajstić information content (AvgIpc) is 2.38. The summed E-state index contributed by atoms with van der Waals surface area (Å²) in [5.74, 6) is -1.23. The fraction of sp³-hybridized carbons (Fsp3) is 0.833. The Morgan fingerprint density at radius 1 is 1.42 bits per heavy atom. The SMILES string of the molecule is COCCCC(NC(=O)CN1CCNCC1)C(=O)O. The summed E-state index contributed by atoms with van der Waals surface area (Å²) in [6.07, 6.45) is 0.998. The third-order valence-corrected chi connectivity index (χ3v) is 3.05. The van der Waals surface area contributed by atoms with Crippen molar-refractivity contribution in [3.05, 3.63) is 0 Å². The van der Waals surface area contributed by atoms with Crippen molar-refractivity contribution in [3.63, 3.8) is 0 Å². The zero-order valence-corrected chi connectivity index (χ0v) is 11.4. The summed E-state index contributed by atoms with van der Waals surface area (Å²) in [4.78, 5) is 24.8. The molecule has 0 spiro atoms. The van der Waals surface area contributed by atoms with Crippen LogP contribution < -0.4 is 10.6 Å². The Labute approximate surface area is 113 Å². The maximum atomic E-state index is 11.8. The summed E-state index contributed by atoms with van der Waals surface area (Å²) < 4.78 is 4.88. The zero-order valence-electron chi connectivity index (χ0n) is 11.4. The van der Waals surface area contributed by atoms with E-state index in [-0.39, 0.29) is 12.5 Å². The number of nitrogens with zero attached hydrogens (tertiary/aromatic N) is 1. The molecule has 7 heteroatoms. The monoisotopic (exact) mass is 273 g/mol. The van der Waals surface area contributed by atoms with Gasteiger partial charge in [0.1, 0.15) is 6.04 Å². The largest absolute Gasteiger partial charge is 0.480 e. The highest BCUT2D eigenvalue weighted by molar-refractivity contribution is 5.84. The van der Waals surface area contributed by atoms with Crippen molar-refractivity contribution in [3.8, 4) is 0 Å². The van der Waals surface area contributed by atoms with Gasteiger partial charge < -0.3 is 20.5 Å². The van der Waals surface area contributed by atoms with E-state index in [0.717, 1.165) is 26.2 Å². The Bertz CT molecular complexity index is 293. The molecule has 110 valence electrons. The number of aliphatic carboxylic acids is 1. The van der Waals surface area contributed by atoms with E-state index in [1.165, 1.54) is 0 Å². The molecule has 0 aromatic heterocycles. The summed E-state index contributed by atoms with van der Waals surface area (Å²) in [7, 11) is 1.57. The molecular formula is C12H23N3O4. The van der Waals surface area contributed by atoms with E-state index in [4.69, 9.17) is 9.84 Å². The fourth-order valence-electron chi connectivity index (χ4n) is 2.00. The van der Waals surface area contributed by atoms with Crippen LogP contribution in [0.2, 0.25) is 0 Å². The van der Waals surface area contributed by atoms with Crippen LogP contribution in [0.1, 0.15) is 12.8 Å². The predicted molar refractivity (Wildman–Crippen MR) is 70.0 cm³/mol. The highest BCUT2D eigenvalue weighted by Gasteiger charge is 2.21. The van der Waals surface area contributed by atoms with Gasteiger partial charge in [-0.3, -0.25) is 9.69 Å². The molecule has 1 heterocycles. The van der Waals surface area contributed by atoms with Gasteiger partial charge in [0.15, 0.2) is 0 Å². The number of hydrogen-bond acceptors (Lipinski definition) is 5. The van der Waals surface area contributed by atoms with E-state index in [9.17, 15) is 9.59 Å². The van der Waals surface area contributed by atoms with E-state index in [0.29, 0.717) is 19.4 Å². The number of ether oxygens (including phenoxy) is 1. The van der Waals surface area contributed by atoms with Crippen LogP contribution >= 0.6 is 0 Å². The first-order valence-corrected chi connectivity index (χ1v) is 6.57. The van der Waals surface area contributed by atoms with Gasteiger partial charge in [-0.1, -0.05) is 0 Å². The van der Waals surface area contributed by atoms with Crippen LogP contribution in [0, 0.1) is 0 Å². The lowest BCUT2D eigenvalue weighted by molar-refractivity contribution is -0.142. The molecule has 1 unspecified atom stereocenters. The van der Waals surface area contributed by atoms with Crippen LogP contribution in [0.3, 0.4) is 0 Å². The number of hydrogen-bond donors (Lipinski definition) is 3. The molecule has 0 saturated carbocycles. The van der Waals surface area contributed by atoms with Gasteiger partial charge in [-0.15, -0.1) is 0 Å². The summed E-state index contributed by atoms with van der Waals surface area (Å²) in [6.45, 7) is 4.11. The molecule has 0 radical (unpaired) electrons. The van der Waals surface area contributed by atoms with Gasteiger partial charge in [0.05, 0.1) is 6.54 Å². The summed E-state index contributed by atoms with van der Waals surface area (Å²) in [5, 5.41) is 14.8. The summed E-state index contributed by atoms with van der Waals surface area (Å²) in [5.41, 5.74) is 0. The van der Waals surface area contributed by atoms with Crippen LogP contribution in [0.15, 0.2) is 0 Å². The summed E-state index contributed by atoms with van der Waals surface area (Å²) >= 11 is 0. The van der Waals surface area contributed by atoms with Crippen molar-refractivity contribution in [1.82, 2.24) is 15.5 Å². The fourth-order valence-corrected chi connectivity index (χ4v) is 2.00. The number of carboxylic acid groups (broad SMARTS) is 1. The van der Waals surface area contributed by atoms with E-state index < -0.39 is 12.0 Å².